The summed E-state index contributed by atoms with van der Waals surface area (Å²) in [6, 6.07) is 18.5. The Bertz CT molecular complexity index is 851. The number of aromatic nitrogens is 1. The SMILES string of the molecule is O=C(CSc1ccccc1)n1c2c(c3ccccc31)CCCC2. The van der Waals surface area contributed by atoms with Crippen molar-refractivity contribution in [1.29, 1.82) is 0 Å². The molecular formula is C20H19NOS. The largest absolute Gasteiger partial charge is 0.283 e. The highest BCUT2D eigenvalue weighted by molar-refractivity contribution is 8.00. The smallest absolute Gasteiger partial charge is 0.241 e. The maximum absolute atomic E-state index is 12.9. The highest BCUT2D eigenvalue weighted by atomic mass is 32.2. The Kier molecular flexibility index (Phi) is 3.96. The molecule has 1 heterocycles. The second kappa shape index (κ2) is 6.25. The van der Waals surface area contributed by atoms with Gasteiger partial charge in [0.05, 0.1) is 11.3 Å². The molecule has 23 heavy (non-hydrogen) atoms. The van der Waals surface area contributed by atoms with Crippen LogP contribution in [0.4, 0.5) is 0 Å². The van der Waals surface area contributed by atoms with Gasteiger partial charge in [-0.05, 0) is 49.4 Å². The molecule has 0 unspecified atom stereocenters. The number of fused-ring (bicyclic) bond motifs is 3. The summed E-state index contributed by atoms with van der Waals surface area (Å²) in [6.45, 7) is 0. The van der Waals surface area contributed by atoms with Crippen molar-refractivity contribution < 1.29 is 4.79 Å². The lowest BCUT2D eigenvalue weighted by molar-refractivity contribution is 0.0943. The van der Waals surface area contributed by atoms with Gasteiger partial charge < -0.3 is 0 Å². The maximum atomic E-state index is 12.9. The quantitative estimate of drug-likeness (QED) is 0.637. The minimum Gasteiger partial charge on any atom is -0.283 e. The van der Waals surface area contributed by atoms with Crippen molar-refractivity contribution in [3.63, 3.8) is 0 Å². The van der Waals surface area contributed by atoms with Gasteiger partial charge in [-0.1, -0.05) is 36.4 Å². The molecule has 0 aliphatic heterocycles. The van der Waals surface area contributed by atoms with Gasteiger partial charge in [0.15, 0.2) is 0 Å². The van der Waals surface area contributed by atoms with Crippen molar-refractivity contribution in [3.05, 3.63) is 65.9 Å². The van der Waals surface area contributed by atoms with E-state index in [0.29, 0.717) is 5.75 Å². The van der Waals surface area contributed by atoms with Crippen molar-refractivity contribution in [3.8, 4) is 0 Å². The minimum atomic E-state index is 0.193. The van der Waals surface area contributed by atoms with Gasteiger partial charge in [-0.15, -0.1) is 11.8 Å². The molecule has 3 heteroatoms. The zero-order valence-electron chi connectivity index (χ0n) is 13.0. The fourth-order valence-electron chi connectivity index (χ4n) is 3.51. The van der Waals surface area contributed by atoms with Gasteiger partial charge >= 0.3 is 0 Å². The number of thioether (sulfide) groups is 1. The molecule has 1 aliphatic rings. The summed E-state index contributed by atoms with van der Waals surface area (Å²) in [5, 5.41) is 1.26. The van der Waals surface area contributed by atoms with Gasteiger partial charge in [0.25, 0.3) is 0 Å². The molecule has 1 aliphatic carbocycles. The van der Waals surface area contributed by atoms with Crippen molar-refractivity contribution >= 4 is 28.6 Å². The summed E-state index contributed by atoms with van der Waals surface area (Å²) in [5.41, 5.74) is 3.72. The number of hydrogen-bond donors (Lipinski definition) is 0. The van der Waals surface area contributed by atoms with Crippen LogP contribution in [0.2, 0.25) is 0 Å². The first-order valence-electron chi connectivity index (χ1n) is 8.17. The van der Waals surface area contributed by atoms with Gasteiger partial charge in [0.1, 0.15) is 0 Å². The van der Waals surface area contributed by atoms with Crippen LogP contribution in [0.25, 0.3) is 10.9 Å². The molecule has 2 aromatic carbocycles. The van der Waals surface area contributed by atoms with Crippen LogP contribution in [-0.4, -0.2) is 16.2 Å². The topological polar surface area (TPSA) is 22.0 Å². The first kappa shape index (κ1) is 14.6. The molecule has 0 fully saturated rings. The summed E-state index contributed by atoms with van der Waals surface area (Å²) < 4.78 is 1.99. The Morgan fingerprint density at radius 1 is 0.957 bits per heavy atom. The van der Waals surface area contributed by atoms with E-state index < -0.39 is 0 Å². The van der Waals surface area contributed by atoms with E-state index >= 15 is 0 Å². The van der Waals surface area contributed by atoms with E-state index in [2.05, 4.69) is 30.3 Å². The van der Waals surface area contributed by atoms with Gasteiger partial charge in [0, 0.05) is 16.0 Å². The van der Waals surface area contributed by atoms with E-state index in [-0.39, 0.29) is 5.91 Å². The van der Waals surface area contributed by atoms with E-state index in [9.17, 15) is 4.79 Å². The van der Waals surface area contributed by atoms with Crippen LogP contribution in [0.1, 0.15) is 28.9 Å². The van der Waals surface area contributed by atoms with Crippen LogP contribution >= 0.6 is 11.8 Å². The Labute approximate surface area is 140 Å². The average molecular weight is 321 g/mol. The van der Waals surface area contributed by atoms with Crippen LogP contribution in [-0.2, 0) is 12.8 Å². The minimum absolute atomic E-state index is 0.193. The van der Waals surface area contributed by atoms with Crippen molar-refractivity contribution in [2.45, 2.75) is 30.6 Å². The predicted octanol–water partition coefficient (Wildman–Crippen LogP) is 4.95. The van der Waals surface area contributed by atoms with Gasteiger partial charge in [-0.2, -0.15) is 0 Å². The molecule has 0 amide bonds. The number of nitrogens with zero attached hydrogens (tertiary/aromatic N) is 1. The molecule has 0 atom stereocenters. The lowest BCUT2D eigenvalue weighted by Gasteiger charge is -2.15. The van der Waals surface area contributed by atoms with Gasteiger partial charge in [-0.25, -0.2) is 0 Å². The summed E-state index contributed by atoms with van der Waals surface area (Å²) >= 11 is 1.62. The number of carbonyl (C=O) groups excluding carboxylic acids is 1. The molecular weight excluding hydrogens is 302 g/mol. The lowest BCUT2D eigenvalue weighted by Crippen LogP contribution is -2.18. The molecule has 3 aromatic rings. The number of aryl methyl sites for hydroxylation is 1. The van der Waals surface area contributed by atoms with E-state index in [1.165, 1.54) is 29.5 Å². The second-order valence-corrected chi connectivity index (χ2v) is 7.03. The van der Waals surface area contributed by atoms with E-state index in [1.807, 2.05) is 28.8 Å². The first-order chi connectivity index (χ1) is 11.3. The summed E-state index contributed by atoms with van der Waals surface area (Å²) in [6.07, 6.45) is 4.53. The monoisotopic (exact) mass is 321 g/mol. The van der Waals surface area contributed by atoms with E-state index in [4.69, 9.17) is 0 Å². The van der Waals surface area contributed by atoms with Gasteiger partial charge in [0.2, 0.25) is 5.91 Å². The average Bonchev–Trinajstić information content (AvgIpc) is 2.95. The Hall–Kier alpha value is -2.00. The maximum Gasteiger partial charge on any atom is 0.241 e. The van der Waals surface area contributed by atoms with Crippen molar-refractivity contribution in [1.82, 2.24) is 4.57 Å². The summed E-state index contributed by atoms with van der Waals surface area (Å²) in [7, 11) is 0. The van der Waals surface area contributed by atoms with Crippen molar-refractivity contribution in [2.24, 2.45) is 0 Å². The zero-order valence-corrected chi connectivity index (χ0v) is 13.8. The molecule has 0 bridgehead atoms. The molecule has 0 saturated heterocycles. The fraction of sp³-hybridized carbons (Fsp3) is 0.250. The highest BCUT2D eigenvalue weighted by Crippen LogP contribution is 2.32. The third kappa shape index (κ3) is 2.70. The van der Waals surface area contributed by atoms with Crippen LogP contribution < -0.4 is 0 Å². The molecule has 1 aromatic heterocycles. The molecule has 4 rings (SSSR count). The molecule has 0 saturated carbocycles. The summed E-state index contributed by atoms with van der Waals surface area (Å²) in [4.78, 5) is 14.1. The summed E-state index contributed by atoms with van der Waals surface area (Å²) in [5.74, 6) is 0.674. The van der Waals surface area contributed by atoms with E-state index in [1.54, 1.807) is 11.8 Å². The number of para-hydroxylation sites is 1. The third-order valence-electron chi connectivity index (χ3n) is 4.53. The number of hydrogen-bond acceptors (Lipinski definition) is 2. The Balaban J connectivity index is 1.69. The molecule has 2 nitrogen and oxygen atoms in total. The molecule has 0 N–H and O–H groups in total. The normalized spacial score (nSPS) is 13.9. The van der Waals surface area contributed by atoms with Crippen LogP contribution in [0, 0.1) is 0 Å². The fourth-order valence-corrected chi connectivity index (χ4v) is 4.28. The van der Waals surface area contributed by atoms with E-state index in [0.717, 1.165) is 23.3 Å². The Morgan fingerprint density at radius 3 is 2.57 bits per heavy atom. The standard InChI is InChI=1S/C20H19NOS/c22-20(14-23-15-8-2-1-3-9-15)21-18-12-6-4-10-16(18)17-11-5-7-13-19(17)21/h1-4,6,8-10,12H,5,7,11,13-14H2. The third-order valence-corrected chi connectivity index (χ3v) is 5.53. The van der Waals surface area contributed by atoms with Crippen LogP contribution in [0.5, 0.6) is 0 Å². The first-order valence-corrected chi connectivity index (χ1v) is 9.15. The highest BCUT2D eigenvalue weighted by Gasteiger charge is 2.22. The second-order valence-electron chi connectivity index (χ2n) is 5.98. The van der Waals surface area contributed by atoms with Gasteiger partial charge in [-0.3, -0.25) is 9.36 Å². The number of benzene rings is 2. The molecule has 0 radical (unpaired) electrons. The lowest BCUT2D eigenvalue weighted by atomic mass is 9.96. The number of rotatable bonds is 3. The zero-order chi connectivity index (χ0) is 15.6. The van der Waals surface area contributed by atoms with Crippen LogP contribution in [0.15, 0.2) is 59.5 Å². The van der Waals surface area contributed by atoms with Crippen molar-refractivity contribution in [2.75, 3.05) is 5.75 Å². The Morgan fingerprint density at radius 2 is 1.70 bits per heavy atom. The molecule has 0 spiro atoms. The predicted molar refractivity (Wildman–Crippen MR) is 96.4 cm³/mol. The van der Waals surface area contributed by atoms with Crippen LogP contribution in [0.3, 0.4) is 0 Å². The molecule has 116 valence electrons. The number of carbonyl (C=O) groups is 1.